The predicted octanol–water partition coefficient (Wildman–Crippen LogP) is 2.14. The minimum atomic E-state index is 0.0891. The van der Waals surface area contributed by atoms with Crippen molar-refractivity contribution in [1.29, 1.82) is 0 Å². The van der Waals surface area contributed by atoms with Gasteiger partial charge in [-0.15, -0.1) is 0 Å². The SMILES string of the molecule is N[C@H](c1cnccc1Cl)C1CC1. The fourth-order valence-corrected chi connectivity index (χ4v) is 1.58. The van der Waals surface area contributed by atoms with Gasteiger partial charge in [0.15, 0.2) is 0 Å². The zero-order valence-electron chi connectivity index (χ0n) is 6.70. The summed E-state index contributed by atoms with van der Waals surface area (Å²) in [5.41, 5.74) is 6.96. The van der Waals surface area contributed by atoms with Crippen LogP contribution in [0.25, 0.3) is 0 Å². The van der Waals surface area contributed by atoms with E-state index in [1.165, 1.54) is 12.8 Å². The molecule has 0 bridgehead atoms. The summed E-state index contributed by atoms with van der Waals surface area (Å²) >= 11 is 5.97. The number of hydrogen-bond acceptors (Lipinski definition) is 2. The van der Waals surface area contributed by atoms with Gasteiger partial charge in [0, 0.05) is 29.0 Å². The van der Waals surface area contributed by atoms with Crippen molar-refractivity contribution < 1.29 is 0 Å². The largest absolute Gasteiger partial charge is 0.324 e. The van der Waals surface area contributed by atoms with Crippen LogP contribution in [0.5, 0.6) is 0 Å². The summed E-state index contributed by atoms with van der Waals surface area (Å²) in [6.07, 6.45) is 5.91. The first-order chi connectivity index (χ1) is 5.79. The Bertz CT molecular complexity index is 284. The Kier molecular flexibility index (Phi) is 2.03. The second-order valence-electron chi connectivity index (χ2n) is 3.26. The van der Waals surface area contributed by atoms with Crippen LogP contribution in [0.4, 0.5) is 0 Å². The second-order valence-corrected chi connectivity index (χ2v) is 3.67. The van der Waals surface area contributed by atoms with Gasteiger partial charge >= 0.3 is 0 Å². The van der Waals surface area contributed by atoms with Gasteiger partial charge in [0.1, 0.15) is 0 Å². The highest BCUT2D eigenvalue weighted by Crippen LogP contribution is 2.40. The Hall–Kier alpha value is -0.600. The van der Waals surface area contributed by atoms with E-state index in [4.69, 9.17) is 17.3 Å². The molecule has 1 aromatic rings. The van der Waals surface area contributed by atoms with Crippen LogP contribution in [0.1, 0.15) is 24.4 Å². The van der Waals surface area contributed by atoms with E-state index in [1.54, 1.807) is 18.5 Å². The highest BCUT2D eigenvalue weighted by molar-refractivity contribution is 6.31. The molecule has 1 aliphatic rings. The standard InChI is InChI=1S/C9H11ClN2/c10-8-3-4-12-5-7(8)9(11)6-1-2-6/h3-6,9H,1-2,11H2/t9-/m0/s1. The number of rotatable bonds is 2. The summed E-state index contributed by atoms with van der Waals surface area (Å²) in [5.74, 6) is 0.631. The van der Waals surface area contributed by atoms with Crippen molar-refractivity contribution in [2.45, 2.75) is 18.9 Å². The van der Waals surface area contributed by atoms with Crippen molar-refractivity contribution in [3.05, 3.63) is 29.0 Å². The van der Waals surface area contributed by atoms with Gasteiger partial charge in [0.05, 0.1) is 0 Å². The van der Waals surface area contributed by atoms with Crippen LogP contribution in [0, 0.1) is 5.92 Å². The topological polar surface area (TPSA) is 38.9 Å². The molecule has 1 heterocycles. The molecule has 0 unspecified atom stereocenters. The smallest absolute Gasteiger partial charge is 0.0484 e. The van der Waals surface area contributed by atoms with E-state index in [0.717, 1.165) is 10.6 Å². The average Bonchev–Trinajstić information content (AvgIpc) is 2.86. The third kappa shape index (κ3) is 1.45. The van der Waals surface area contributed by atoms with Gasteiger partial charge in [-0.3, -0.25) is 4.98 Å². The molecule has 1 fully saturated rings. The van der Waals surface area contributed by atoms with Crippen LogP contribution in [0.15, 0.2) is 18.5 Å². The molecule has 0 aromatic carbocycles. The Morgan fingerprint density at radius 3 is 2.92 bits per heavy atom. The summed E-state index contributed by atoms with van der Waals surface area (Å²) in [6, 6.07) is 1.88. The van der Waals surface area contributed by atoms with Gasteiger partial charge < -0.3 is 5.73 Å². The molecule has 64 valence electrons. The van der Waals surface area contributed by atoms with Crippen LogP contribution < -0.4 is 5.73 Å². The van der Waals surface area contributed by atoms with E-state index in [9.17, 15) is 0 Å². The molecular weight excluding hydrogens is 172 g/mol. The highest BCUT2D eigenvalue weighted by Gasteiger charge is 2.30. The van der Waals surface area contributed by atoms with Gasteiger partial charge in [-0.2, -0.15) is 0 Å². The fraction of sp³-hybridized carbons (Fsp3) is 0.444. The van der Waals surface area contributed by atoms with Gasteiger partial charge in [0.25, 0.3) is 0 Å². The van der Waals surface area contributed by atoms with Crippen molar-refractivity contribution in [3.8, 4) is 0 Å². The minimum Gasteiger partial charge on any atom is -0.324 e. The molecule has 0 aliphatic heterocycles. The lowest BCUT2D eigenvalue weighted by molar-refractivity contribution is 0.631. The van der Waals surface area contributed by atoms with E-state index in [-0.39, 0.29) is 6.04 Å². The Morgan fingerprint density at radius 2 is 2.33 bits per heavy atom. The lowest BCUT2D eigenvalue weighted by Gasteiger charge is -2.10. The molecule has 2 N–H and O–H groups in total. The van der Waals surface area contributed by atoms with Crippen molar-refractivity contribution in [2.75, 3.05) is 0 Å². The molecule has 2 rings (SSSR count). The molecule has 2 nitrogen and oxygen atoms in total. The highest BCUT2D eigenvalue weighted by atomic mass is 35.5. The Labute approximate surface area is 76.7 Å². The van der Waals surface area contributed by atoms with Gasteiger partial charge in [-0.05, 0) is 24.8 Å². The van der Waals surface area contributed by atoms with E-state index < -0.39 is 0 Å². The summed E-state index contributed by atoms with van der Waals surface area (Å²) in [4.78, 5) is 4.01. The van der Waals surface area contributed by atoms with Gasteiger partial charge in [0.2, 0.25) is 0 Å². The number of nitrogens with zero attached hydrogens (tertiary/aromatic N) is 1. The molecule has 0 spiro atoms. The molecule has 3 heteroatoms. The summed E-state index contributed by atoms with van der Waals surface area (Å²) in [6.45, 7) is 0. The third-order valence-electron chi connectivity index (χ3n) is 2.29. The number of pyridine rings is 1. The molecule has 0 amide bonds. The predicted molar refractivity (Wildman–Crippen MR) is 48.9 cm³/mol. The zero-order chi connectivity index (χ0) is 8.55. The average molecular weight is 183 g/mol. The first kappa shape index (κ1) is 8.02. The first-order valence-electron chi connectivity index (χ1n) is 4.14. The van der Waals surface area contributed by atoms with Crippen LogP contribution in [-0.2, 0) is 0 Å². The third-order valence-corrected chi connectivity index (χ3v) is 2.63. The van der Waals surface area contributed by atoms with Crippen molar-refractivity contribution in [3.63, 3.8) is 0 Å². The molecule has 1 atom stereocenters. The van der Waals surface area contributed by atoms with E-state index >= 15 is 0 Å². The van der Waals surface area contributed by atoms with Crippen LogP contribution in [0.2, 0.25) is 5.02 Å². The number of nitrogens with two attached hydrogens (primary N) is 1. The minimum absolute atomic E-state index is 0.0891. The molecule has 0 saturated heterocycles. The monoisotopic (exact) mass is 182 g/mol. The summed E-state index contributed by atoms with van der Waals surface area (Å²) in [7, 11) is 0. The van der Waals surface area contributed by atoms with E-state index in [2.05, 4.69) is 4.98 Å². The van der Waals surface area contributed by atoms with E-state index in [0.29, 0.717) is 5.92 Å². The maximum Gasteiger partial charge on any atom is 0.0484 e. The maximum atomic E-state index is 5.98. The van der Waals surface area contributed by atoms with Crippen molar-refractivity contribution in [2.24, 2.45) is 11.7 Å². The van der Waals surface area contributed by atoms with E-state index in [1.807, 2.05) is 0 Å². The molecule has 0 radical (unpaired) electrons. The number of hydrogen-bond donors (Lipinski definition) is 1. The van der Waals surface area contributed by atoms with Crippen LogP contribution in [0.3, 0.4) is 0 Å². The maximum absolute atomic E-state index is 5.98. The number of aromatic nitrogens is 1. The molecule has 1 aliphatic carbocycles. The first-order valence-corrected chi connectivity index (χ1v) is 4.52. The van der Waals surface area contributed by atoms with Gasteiger partial charge in [-0.1, -0.05) is 11.6 Å². The van der Waals surface area contributed by atoms with Gasteiger partial charge in [-0.25, -0.2) is 0 Å². The summed E-state index contributed by atoms with van der Waals surface area (Å²) < 4.78 is 0. The van der Waals surface area contributed by atoms with Crippen molar-refractivity contribution in [1.82, 2.24) is 4.98 Å². The zero-order valence-corrected chi connectivity index (χ0v) is 7.46. The molecule has 1 saturated carbocycles. The van der Waals surface area contributed by atoms with Crippen molar-refractivity contribution >= 4 is 11.6 Å². The second kappa shape index (κ2) is 3.04. The Balaban J connectivity index is 2.25. The molecule has 1 aromatic heterocycles. The Morgan fingerprint density at radius 1 is 1.58 bits per heavy atom. The van der Waals surface area contributed by atoms with Crippen LogP contribution >= 0.6 is 11.6 Å². The molecule has 12 heavy (non-hydrogen) atoms. The molecular formula is C9H11ClN2. The lowest BCUT2D eigenvalue weighted by Crippen LogP contribution is -2.12. The number of halogens is 1. The van der Waals surface area contributed by atoms with Crippen LogP contribution in [-0.4, -0.2) is 4.98 Å². The lowest BCUT2D eigenvalue weighted by atomic mass is 10.1. The normalized spacial score (nSPS) is 19.2. The fourth-order valence-electron chi connectivity index (χ4n) is 1.34. The quantitative estimate of drug-likeness (QED) is 0.761. The summed E-state index contributed by atoms with van der Waals surface area (Å²) in [5, 5.41) is 0.740.